The van der Waals surface area contributed by atoms with Crippen LogP contribution in [0.25, 0.3) is 0 Å². The Labute approximate surface area is 114 Å². The average Bonchev–Trinajstić information content (AvgIpc) is 2.67. The topological polar surface area (TPSA) is 17.8 Å². The molecule has 1 fully saturated rings. The Hall–Kier alpha value is -0.0900. The number of aromatic nitrogens is 2. The van der Waals surface area contributed by atoms with Crippen molar-refractivity contribution in [3.63, 3.8) is 0 Å². The van der Waals surface area contributed by atoms with Crippen LogP contribution >= 0.6 is 24.4 Å². The maximum atomic E-state index is 4.59. The van der Waals surface area contributed by atoms with Gasteiger partial charge in [-0.1, -0.05) is 19.3 Å². The highest BCUT2D eigenvalue weighted by molar-refractivity contribution is 7.99. The summed E-state index contributed by atoms with van der Waals surface area (Å²) in [5.74, 6) is 2.21. The molecule has 1 aromatic heterocycles. The van der Waals surface area contributed by atoms with E-state index < -0.39 is 0 Å². The SMILES string of the molecule is Cc1cc(SCC2(CS)CCCCC2)n(C)n1. The minimum Gasteiger partial charge on any atom is -0.262 e. The Morgan fingerprint density at radius 3 is 2.65 bits per heavy atom. The van der Waals surface area contributed by atoms with Gasteiger partial charge in [0.25, 0.3) is 0 Å². The summed E-state index contributed by atoms with van der Waals surface area (Å²) in [6.45, 7) is 2.05. The highest BCUT2D eigenvalue weighted by atomic mass is 32.2. The molecular weight excluding hydrogens is 248 g/mol. The second-order valence-corrected chi connectivity index (χ2v) is 6.57. The van der Waals surface area contributed by atoms with Gasteiger partial charge in [0, 0.05) is 12.8 Å². The third kappa shape index (κ3) is 3.22. The van der Waals surface area contributed by atoms with E-state index in [1.54, 1.807) is 0 Å². The molecule has 1 aliphatic rings. The molecule has 1 heterocycles. The summed E-state index contributed by atoms with van der Waals surface area (Å²) in [4.78, 5) is 0. The summed E-state index contributed by atoms with van der Waals surface area (Å²) in [7, 11) is 2.03. The molecular formula is C13H22N2S2. The van der Waals surface area contributed by atoms with E-state index in [0.29, 0.717) is 5.41 Å². The largest absolute Gasteiger partial charge is 0.262 e. The third-order valence-electron chi connectivity index (χ3n) is 3.73. The molecule has 0 saturated heterocycles. The number of hydrogen-bond donors (Lipinski definition) is 1. The monoisotopic (exact) mass is 270 g/mol. The first-order valence-corrected chi connectivity index (χ1v) is 8.01. The molecule has 0 aromatic carbocycles. The van der Waals surface area contributed by atoms with Crippen LogP contribution in [-0.4, -0.2) is 21.3 Å². The van der Waals surface area contributed by atoms with E-state index in [2.05, 4.69) is 30.7 Å². The lowest BCUT2D eigenvalue weighted by Crippen LogP contribution is -2.28. The van der Waals surface area contributed by atoms with Crippen LogP contribution in [0.4, 0.5) is 0 Å². The van der Waals surface area contributed by atoms with Crippen molar-refractivity contribution in [2.75, 3.05) is 11.5 Å². The number of aryl methyl sites for hydroxylation is 2. The molecule has 1 saturated carbocycles. The van der Waals surface area contributed by atoms with E-state index in [0.717, 1.165) is 11.4 Å². The number of thioether (sulfide) groups is 1. The van der Waals surface area contributed by atoms with E-state index in [4.69, 9.17) is 0 Å². The summed E-state index contributed by atoms with van der Waals surface area (Å²) in [6.07, 6.45) is 6.86. The zero-order valence-corrected chi connectivity index (χ0v) is 12.5. The van der Waals surface area contributed by atoms with Crippen molar-refractivity contribution in [1.82, 2.24) is 9.78 Å². The lowest BCUT2D eigenvalue weighted by molar-refractivity contribution is 0.258. The lowest BCUT2D eigenvalue weighted by Gasteiger charge is -2.35. The predicted molar refractivity (Wildman–Crippen MR) is 78.0 cm³/mol. The van der Waals surface area contributed by atoms with Gasteiger partial charge < -0.3 is 0 Å². The molecule has 0 atom stereocenters. The van der Waals surface area contributed by atoms with Crippen LogP contribution in [-0.2, 0) is 7.05 Å². The fraction of sp³-hybridized carbons (Fsp3) is 0.769. The van der Waals surface area contributed by atoms with Crippen LogP contribution in [0.1, 0.15) is 37.8 Å². The van der Waals surface area contributed by atoms with Crippen LogP contribution in [0.3, 0.4) is 0 Å². The Bertz CT molecular complexity index is 367. The summed E-state index contributed by atoms with van der Waals surface area (Å²) < 4.78 is 2.00. The third-order valence-corrected chi connectivity index (χ3v) is 5.84. The van der Waals surface area contributed by atoms with Gasteiger partial charge in [-0.05, 0) is 37.0 Å². The minimum absolute atomic E-state index is 0.463. The molecule has 0 amide bonds. The van der Waals surface area contributed by atoms with Crippen LogP contribution in [0.5, 0.6) is 0 Å². The highest BCUT2D eigenvalue weighted by Gasteiger charge is 2.30. The van der Waals surface area contributed by atoms with Gasteiger partial charge in [0.15, 0.2) is 0 Å². The molecule has 0 aliphatic heterocycles. The Balaban J connectivity index is 1.98. The summed E-state index contributed by atoms with van der Waals surface area (Å²) >= 11 is 6.54. The summed E-state index contributed by atoms with van der Waals surface area (Å²) in [5.41, 5.74) is 1.57. The van der Waals surface area contributed by atoms with Gasteiger partial charge in [0.1, 0.15) is 0 Å². The van der Waals surface area contributed by atoms with Gasteiger partial charge in [-0.3, -0.25) is 4.68 Å². The first kappa shape index (κ1) is 13.3. The molecule has 0 bridgehead atoms. The van der Waals surface area contributed by atoms with Crippen molar-refractivity contribution in [2.24, 2.45) is 12.5 Å². The van der Waals surface area contributed by atoms with Crippen LogP contribution in [0, 0.1) is 12.3 Å². The van der Waals surface area contributed by atoms with Crippen molar-refractivity contribution in [3.05, 3.63) is 11.8 Å². The van der Waals surface area contributed by atoms with Gasteiger partial charge in [0.05, 0.1) is 10.7 Å². The van der Waals surface area contributed by atoms with Gasteiger partial charge in [-0.2, -0.15) is 17.7 Å². The maximum absolute atomic E-state index is 4.59. The van der Waals surface area contributed by atoms with Crippen LogP contribution in [0.15, 0.2) is 11.1 Å². The summed E-state index contributed by atoms with van der Waals surface area (Å²) in [6, 6.07) is 2.18. The van der Waals surface area contributed by atoms with Crippen molar-refractivity contribution >= 4 is 24.4 Å². The Morgan fingerprint density at radius 2 is 2.12 bits per heavy atom. The number of thiol groups is 1. The highest BCUT2D eigenvalue weighted by Crippen LogP contribution is 2.41. The molecule has 2 rings (SSSR count). The van der Waals surface area contributed by atoms with E-state index in [1.165, 1.54) is 42.9 Å². The smallest absolute Gasteiger partial charge is 0.0939 e. The lowest BCUT2D eigenvalue weighted by atomic mass is 9.77. The van der Waals surface area contributed by atoms with Crippen molar-refractivity contribution in [3.8, 4) is 0 Å². The molecule has 1 aliphatic carbocycles. The molecule has 17 heavy (non-hydrogen) atoms. The fourth-order valence-corrected chi connectivity index (χ4v) is 4.50. The molecule has 0 N–H and O–H groups in total. The number of nitrogens with zero attached hydrogens (tertiary/aromatic N) is 2. The maximum Gasteiger partial charge on any atom is 0.0939 e. The second kappa shape index (κ2) is 5.70. The van der Waals surface area contributed by atoms with Gasteiger partial charge in [0.2, 0.25) is 0 Å². The van der Waals surface area contributed by atoms with Gasteiger partial charge >= 0.3 is 0 Å². The molecule has 0 unspecified atom stereocenters. The zero-order chi connectivity index (χ0) is 12.3. The van der Waals surface area contributed by atoms with E-state index in [9.17, 15) is 0 Å². The molecule has 1 aromatic rings. The van der Waals surface area contributed by atoms with Crippen LogP contribution < -0.4 is 0 Å². The van der Waals surface area contributed by atoms with Crippen molar-refractivity contribution in [1.29, 1.82) is 0 Å². The zero-order valence-electron chi connectivity index (χ0n) is 10.8. The van der Waals surface area contributed by atoms with Crippen molar-refractivity contribution in [2.45, 2.75) is 44.1 Å². The van der Waals surface area contributed by atoms with E-state index in [1.807, 2.05) is 23.5 Å². The molecule has 96 valence electrons. The summed E-state index contributed by atoms with van der Waals surface area (Å²) in [5, 5.41) is 5.69. The molecule has 0 spiro atoms. The molecule has 2 nitrogen and oxygen atoms in total. The fourth-order valence-electron chi connectivity index (χ4n) is 2.60. The standard InChI is InChI=1S/C13H22N2S2/c1-11-8-12(15(2)14-11)17-10-13(9-16)6-4-3-5-7-13/h8,16H,3-7,9-10H2,1-2H3. The average molecular weight is 270 g/mol. The second-order valence-electron chi connectivity index (χ2n) is 5.26. The van der Waals surface area contributed by atoms with E-state index >= 15 is 0 Å². The molecule has 0 radical (unpaired) electrons. The van der Waals surface area contributed by atoms with Crippen molar-refractivity contribution < 1.29 is 0 Å². The number of rotatable bonds is 4. The van der Waals surface area contributed by atoms with Gasteiger partial charge in [-0.15, -0.1) is 11.8 Å². The molecule has 4 heteroatoms. The minimum atomic E-state index is 0.463. The number of hydrogen-bond acceptors (Lipinski definition) is 3. The first-order chi connectivity index (χ1) is 8.15. The van der Waals surface area contributed by atoms with Gasteiger partial charge in [-0.25, -0.2) is 0 Å². The first-order valence-electron chi connectivity index (χ1n) is 6.40. The Morgan fingerprint density at radius 1 is 1.41 bits per heavy atom. The normalized spacial score (nSPS) is 19.5. The Kier molecular flexibility index (Phi) is 4.47. The predicted octanol–water partition coefficient (Wildman–Crippen LogP) is 3.70. The quantitative estimate of drug-likeness (QED) is 0.664. The van der Waals surface area contributed by atoms with E-state index in [-0.39, 0.29) is 0 Å². The van der Waals surface area contributed by atoms with Crippen LogP contribution in [0.2, 0.25) is 0 Å².